The van der Waals surface area contributed by atoms with E-state index in [9.17, 15) is 0 Å². The largest absolute Gasteiger partial charge is 0.370 e. The number of guanidine groups is 1. The van der Waals surface area contributed by atoms with Gasteiger partial charge >= 0.3 is 0 Å². The van der Waals surface area contributed by atoms with Crippen LogP contribution in [-0.4, -0.2) is 36.5 Å². The molecule has 0 radical (unpaired) electrons. The lowest BCUT2D eigenvalue weighted by Crippen LogP contribution is -2.38. The fourth-order valence-corrected chi connectivity index (χ4v) is 2.85. The fraction of sp³-hybridized carbons (Fsp3) is 0.611. The maximum absolute atomic E-state index is 5.86. The molecule has 0 aromatic heterocycles. The number of likely N-dealkylation sites (tertiary alicyclic amines) is 1. The van der Waals surface area contributed by atoms with E-state index >= 15 is 0 Å². The Morgan fingerprint density at radius 2 is 1.87 bits per heavy atom. The molecule has 1 aromatic rings. The molecule has 3 N–H and O–H groups in total. The fourth-order valence-electron chi connectivity index (χ4n) is 2.85. The van der Waals surface area contributed by atoms with Gasteiger partial charge in [-0.3, -0.25) is 9.89 Å². The third-order valence-corrected chi connectivity index (χ3v) is 4.19. The molecule has 0 saturated carbocycles. The van der Waals surface area contributed by atoms with Crippen LogP contribution in [0, 0.1) is 12.8 Å². The standard InChI is InChI=1S/C18H30N4.HI/c1-14(2)21-18(19)20-12-16-8-10-22(11-9-16)13-17-6-4-15(3)5-7-17;/h4-7,14,16H,8-13H2,1-3H3,(H3,19,20,21);1H. The number of aliphatic imine (C=N–C) groups is 1. The van der Waals surface area contributed by atoms with Gasteiger partial charge in [0.05, 0.1) is 0 Å². The van der Waals surface area contributed by atoms with Crippen molar-refractivity contribution in [3.63, 3.8) is 0 Å². The van der Waals surface area contributed by atoms with Crippen molar-refractivity contribution in [1.82, 2.24) is 10.2 Å². The lowest BCUT2D eigenvalue weighted by molar-refractivity contribution is 0.180. The molecule has 23 heavy (non-hydrogen) atoms. The quantitative estimate of drug-likeness (QED) is 0.429. The number of rotatable bonds is 5. The van der Waals surface area contributed by atoms with Gasteiger partial charge in [-0.25, -0.2) is 0 Å². The van der Waals surface area contributed by atoms with Crippen molar-refractivity contribution in [2.75, 3.05) is 19.6 Å². The summed E-state index contributed by atoms with van der Waals surface area (Å²) >= 11 is 0. The van der Waals surface area contributed by atoms with Crippen molar-refractivity contribution in [1.29, 1.82) is 0 Å². The summed E-state index contributed by atoms with van der Waals surface area (Å²) in [6, 6.07) is 9.22. The van der Waals surface area contributed by atoms with Crippen LogP contribution >= 0.6 is 24.0 Å². The Kier molecular flexibility index (Phi) is 8.91. The second kappa shape index (κ2) is 10.1. The molecule has 5 heteroatoms. The molecule has 4 nitrogen and oxygen atoms in total. The molecule has 0 unspecified atom stereocenters. The lowest BCUT2D eigenvalue weighted by Gasteiger charge is -2.31. The van der Waals surface area contributed by atoms with E-state index in [1.807, 2.05) is 0 Å². The van der Waals surface area contributed by atoms with Crippen molar-refractivity contribution in [3.8, 4) is 0 Å². The molecule has 0 bridgehead atoms. The summed E-state index contributed by atoms with van der Waals surface area (Å²) in [5.41, 5.74) is 8.60. The van der Waals surface area contributed by atoms with Gasteiger partial charge < -0.3 is 11.1 Å². The third kappa shape index (κ3) is 7.52. The van der Waals surface area contributed by atoms with E-state index in [1.54, 1.807) is 0 Å². The highest BCUT2D eigenvalue weighted by molar-refractivity contribution is 14.0. The Hall–Kier alpha value is -0.820. The van der Waals surface area contributed by atoms with Crippen molar-refractivity contribution < 1.29 is 0 Å². The molecule has 0 atom stereocenters. The van der Waals surface area contributed by atoms with E-state index < -0.39 is 0 Å². The SMILES string of the molecule is Cc1ccc(CN2CCC(CN=C(N)NC(C)C)CC2)cc1.I. The number of hydrogen-bond acceptors (Lipinski definition) is 2. The van der Waals surface area contributed by atoms with Gasteiger partial charge in [-0.05, 0) is 58.2 Å². The van der Waals surface area contributed by atoms with Crippen LogP contribution in [0.15, 0.2) is 29.3 Å². The average Bonchev–Trinajstić information content (AvgIpc) is 2.48. The Bertz CT molecular complexity index is 476. The van der Waals surface area contributed by atoms with Gasteiger partial charge in [0.15, 0.2) is 5.96 Å². The molecule has 130 valence electrons. The van der Waals surface area contributed by atoms with Gasteiger partial charge in [0.2, 0.25) is 0 Å². The molecule has 0 aliphatic carbocycles. The van der Waals surface area contributed by atoms with Gasteiger partial charge in [0, 0.05) is 19.1 Å². The van der Waals surface area contributed by atoms with Crippen LogP contribution in [0.5, 0.6) is 0 Å². The number of nitrogens with one attached hydrogen (secondary N) is 1. The van der Waals surface area contributed by atoms with Gasteiger partial charge in [-0.1, -0.05) is 29.8 Å². The Morgan fingerprint density at radius 1 is 1.26 bits per heavy atom. The second-order valence-electron chi connectivity index (χ2n) is 6.73. The summed E-state index contributed by atoms with van der Waals surface area (Å²) < 4.78 is 0. The predicted octanol–water partition coefficient (Wildman–Crippen LogP) is 3.14. The normalized spacial score (nSPS) is 17.1. The third-order valence-electron chi connectivity index (χ3n) is 4.19. The van der Waals surface area contributed by atoms with E-state index in [2.05, 4.69) is 60.2 Å². The Morgan fingerprint density at radius 3 is 2.43 bits per heavy atom. The van der Waals surface area contributed by atoms with Crippen LogP contribution in [0.3, 0.4) is 0 Å². The minimum atomic E-state index is 0. The highest BCUT2D eigenvalue weighted by Crippen LogP contribution is 2.19. The van der Waals surface area contributed by atoms with Crippen LogP contribution in [0.1, 0.15) is 37.8 Å². The summed E-state index contributed by atoms with van der Waals surface area (Å²) in [5, 5.41) is 3.15. The Labute approximate surface area is 157 Å². The monoisotopic (exact) mass is 430 g/mol. The first kappa shape index (κ1) is 20.2. The molecule has 0 spiro atoms. The summed E-state index contributed by atoms with van der Waals surface area (Å²) in [6.45, 7) is 10.5. The van der Waals surface area contributed by atoms with E-state index in [-0.39, 0.29) is 24.0 Å². The summed E-state index contributed by atoms with van der Waals surface area (Å²) in [4.78, 5) is 7.01. The molecule has 1 aromatic carbocycles. The first-order valence-electron chi connectivity index (χ1n) is 8.37. The van der Waals surface area contributed by atoms with Gasteiger partial charge in [-0.15, -0.1) is 24.0 Å². The van der Waals surface area contributed by atoms with E-state index in [4.69, 9.17) is 5.73 Å². The number of piperidine rings is 1. The van der Waals surface area contributed by atoms with Gasteiger partial charge in [0.1, 0.15) is 0 Å². The van der Waals surface area contributed by atoms with Gasteiger partial charge in [0.25, 0.3) is 0 Å². The number of aryl methyl sites for hydroxylation is 1. The van der Waals surface area contributed by atoms with Crippen molar-refractivity contribution in [2.45, 2.75) is 46.2 Å². The maximum atomic E-state index is 5.86. The minimum Gasteiger partial charge on any atom is -0.370 e. The van der Waals surface area contributed by atoms with Crippen LogP contribution in [0.4, 0.5) is 0 Å². The smallest absolute Gasteiger partial charge is 0.188 e. The minimum absolute atomic E-state index is 0. The molecule has 1 aliphatic heterocycles. The number of halogens is 1. The van der Waals surface area contributed by atoms with Gasteiger partial charge in [-0.2, -0.15) is 0 Å². The zero-order valence-electron chi connectivity index (χ0n) is 14.6. The molecule has 1 heterocycles. The first-order chi connectivity index (χ1) is 10.5. The summed E-state index contributed by atoms with van der Waals surface area (Å²) in [6.07, 6.45) is 2.43. The topological polar surface area (TPSA) is 53.6 Å². The van der Waals surface area contributed by atoms with Crippen LogP contribution < -0.4 is 11.1 Å². The molecule has 1 saturated heterocycles. The van der Waals surface area contributed by atoms with E-state index in [0.717, 1.165) is 26.2 Å². The maximum Gasteiger partial charge on any atom is 0.188 e. The zero-order chi connectivity index (χ0) is 15.9. The number of nitrogens with two attached hydrogens (primary N) is 1. The zero-order valence-corrected chi connectivity index (χ0v) is 16.9. The number of nitrogens with zero attached hydrogens (tertiary/aromatic N) is 2. The van der Waals surface area contributed by atoms with Crippen LogP contribution in [0.25, 0.3) is 0 Å². The number of benzene rings is 1. The van der Waals surface area contributed by atoms with Crippen molar-refractivity contribution in [2.24, 2.45) is 16.6 Å². The predicted molar refractivity (Wildman–Crippen MR) is 109 cm³/mol. The van der Waals surface area contributed by atoms with Crippen LogP contribution in [-0.2, 0) is 6.54 Å². The molecule has 2 rings (SSSR count). The number of hydrogen-bond donors (Lipinski definition) is 2. The highest BCUT2D eigenvalue weighted by Gasteiger charge is 2.19. The second-order valence-corrected chi connectivity index (χ2v) is 6.73. The Balaban J connectivity index is 0.00000264. The van der Waals surface area contributed by atoms with E-state index in [0.29, 0.717) is 17.9 Å². The average molecular weight is 430 g/mol. The lowest BCUT2D eigenvalue weighted by atomic mass is 9.96. The van der Waals surface area contributed by atoms with Crippen molar-refractivity contribution >= 4 is 29.9 Å². The summed E-state index contributed by atoms with van der Waals surface area (Å²) in [5.74, 6) is 1.25. The highest BCUT2D eigenvalue weighted by atomic mass is 127. The molecule has 1 fully saturated rings. The van der Waals surface area contributed by atoms with Crippen molar-refractivity contribution in [3.05, 3.63) is 35.4 Å². The summed E-state index contributed by atoms with van der Waals surface area (Å²) in [7, 11) is 0. The molecule has 0 amide bonds. The van der Waals surface area contributed by atoms with Crippen LogP contribution in [0.2, 0.25) is 0 Å². The molecule has 1 aliphatic rings. The van der Waals surface area contributed by atoms with E-state index in [1.165, 1.54) is 24.0 Å². The molecular formula is C18H31IN4. The molecular weight excluding hydrogens is 399 g/mol. The first-order valence-corrected chi connectivity index (χ1v) is 8.37.